The molecule has 0 spiro atoms. The molecule has 2 aromatic carbocycles. The number of ketones is 1. The summed E-state index contributed by atoms with van der Waals surface area (Å²) in [5, 5.41) is 2.76. The van der Waals surface area contributed by atoms with Gasteiger partial charge in [-0.2, -0.15) is 0 Å². The Hall–Kier alpha value is -2.62. The molecule has 4 heteroatoms. The maximum Gasteiger partial charge on any atom is 0.221 e. The zero-order valence-electron chi connectivity index (χ0n) is 13.3. The summed E-state index contributed by atoms with van der Waals surface area (Å²) in [4.78, 5) is 24.4. The Bertz CT molecular complexity index is 763. The first-order valence-corrected chi connectivity index (χ1v) is 7.73. The van der Waals surface area contributed by atoms with Crippen LogP contribution < -0.4 is 10.1 Å². The molecule has 4 nitrogen and oxygen atoms in total. The number of anilines is 1. The molecule has 1 amide bonds. The summed E-state index contributed by atoms with van der Waals surface area (Å²) in [5.74, 6) is 0.204. The molecule has 1 aliphatic carbocycles. The van der Waals surface area contributed by atoms with Gasteiger partial charge in [-0.1, -0.05) is 29.8 Å². The number of rotatable bonds is 5. The molecule has 3 rings (SSSR count). The predicted molar refractivity (Wildman–Crippen MR) is 89.0 cm³/mol. The van der Waals surface area contributed by atoms with Crippen molar-refractivity contribution in [2.45, 2.75) is 32.8 Å². The molecule has 0 saturated heterocycles. The van der Waals surface area contributed by atoms with Gasteiger partial charge in [-0.15, -0.1) is 0 Å². The summed E-state index contributed by atoms with van der Waals surface area (Å²) in [7, 11) is 0. The van der Waals surface area contributed by atoms with Crippen molar-refractivity contribution in [2.24, 2.45) is 0 Å². The molecular weight excluding hydrogens is 290 g/mol. The first-order valence-electron chi connectivity index (χ1n) is 7.73. The topological polar surface area (TPSA) is 55.4 Å². The van der Waals surface area contributed by atoms with E-state index in [0.29, 0.717) is 22.6 Å². The number of para-hydroxylation sites is 1. The Morgan fingerprint density at radius 2 is 1.87 bits per heavy atom. The van der Waals surface area contributed by atoms with E-state index >= 15 is 0 Å². The maximum atomic E-state index is 12.8. The van der Waals surface area contributed by atoms with Gasteiger partial charge >= 0.3 is 0 Å². The number of carbonyl (C=O) groups excluding carboxylic acids is 2. The summed E-state index contributed by atoms with van der Waals surface area (Å²) in [6.45, 7) is 3.37. The largest absolute Gasteiger partial charge is 0.488 e. The van der Waals surface area contributed by atoms with Crippen molar-refractivity contribution in [1.29, 1.82) is 0 Å². The lowest BCUT2D eigenvalue weighted by atomic mass is 9.99. The number of hydrogen-bond donors (Lipinski definition) is 1. The highest BCUT2D eigenvalue weighted by atomic mass is 16.5. The fourth-order valence-corrected chi connectivity index (χ4v) is 2.43. The summed E-state index contributed by atoms with van der Waals surface area (Å²) in [6.07, 6.45) is 2.21. The van der Waals surface area contributed by atoms with Crippen LogP contribution in [0.3, 0.4) is 0 Å². The molecular formula is C19H19NO3. The zero-order chi connectivity index (χ0) is 16.4. The van der Waals surface area contributed by atoms with Gasteiger partial charge in [-0.25, -0.2) is 0 Å². The van der Waals surface area contributed by atoms with Crippen LogP contribution in [-0.2, 0) is 4.79 Å². The molecule has 1 saturated carbocycles. The zero-order valence-corrected chi connectivity index (χ0v) is 13.3. The summed E-state index contributed by atoms with van der Waals surface area (Å²) in [5.41, 5.74) is 2.52. The van der Waals surface area contributed by atoms with E-state index in [4.69, 9.17) is 4.74 Å². The van der Waals surface area contributed by atoms with Crippen LogP contribution in [0.15, 0.2) is 42.5 Å². The van der Waals surface area contributed by atoms with Crippen molar-refractivity contribution < 1.29 is 14.3 Å². The van der Waals surface area contributed by atoms with Gasteiger partial charge in [0, 0.05) is 18.1 Å². The number of benzene rings is 2. The average Bonchev–Trinajstić information content (AvgIpc) is 3.32. The number of nitrogens with one attached hydrogen (secondary N) is 1. The first kappa shape index (κ1) is 15.3. The van der Waals surface area contributed by atoms with Crippen LogP contribution in [0.2, 0.25) is 0 Å². The van der Waals surface area contributed by atoms with Crippen molar-refractivity contribution in [3.8, 4) is 5.75 Å². The summed E-state index contributed by atoms with van der Waals surface area (Å²) < 4.78 is 5.84. The van der Waals surface area contributed by atoms with Gasteiger partial charge in [-0.3, -0.25) is 9.59 Å². The predicted octanol–water partition coefficient (Wildman–Crippen LogP) is 3.73. The van der Waals surface area contributed by atoms with Crippen molar-refractivity contribution in [2.75, 3.05) is 5.32 Å². The molecule has 1 fully saturated rings. The molecule has 0 bridgehead atoms. The van der Waals surface area contributed by atoms with E-state index in [1.807, 2.05) is 25.1 Å². The lowest BCUT2D eigenvalue weighted by molar-refractivity contribution is -0.114. The Balaban J connectivity index is 2.02. The third-order valence-electron chi connectivity index (χ3n) is 3.67. The second kappa shape index (κ2) is 6.24. The Morgan fingerprint density at radius 3 is 2.52 bits per heavy atom. The molecule has 0 aliphatic heterocycles. The Morgan fingerprint density at radius 1 is 1.13 bits per heavy atom. The van der Waals surface area contributed by atoms with Crippen molar-refractivity contribution in [3.05, 3.63) is 59.2 Å². The fourth-order valence-electron chi connectivity index (χ4n) is 2.43. The van der Waals surface area contributed by atoms with E-state index in [1.54, 1.807) is 24.3 Å². The number of hydrogen-bond acceptors (Lipinski definition) is 3. The first-order chi connectivity index (χ1) is 11.0. The molecule has 1 aliphatic rings. The van der Waals surface area contributed by atoms with E-state index in [1.165, 1.54) is 6.92 Å². The lowest BCUT2D eigenvalue weighted by Crippen LogP contribution is -2.14. The number of amides is 1. The smallest absolute Gasteiger partial charge is 0.221 e. The standard InChI is InChI=1S/C19H19NO3/c1-12-5-3-6-14(11-12)19(22)16-7-4-8-17(23-15-9-10-15)18(16)20-13(2)21/h3-8,11,15H,9-10H2,1-2H3,(H,20,21). The SMILES string of the molecule is CC(=O)Nc1c(OC2CC2)cccc1C(=O)c1cccc(C)c1. The minimum atomic E-state index is -0.227. The van der Waals surface area contributed by atoms with E-state index < -0.39 is 0 Å². The quantitative estimate of drug-likeness (QED) is 0.856. The van der Waals surface area contributed by atoms with E-state index in [-0.39, 0.29) is 17.8 Å². The molecule has 0 heterocycles. The van der Waals surface area contributed by atoms with Crippen LogP contribution in [0.4, 0.5) is 5.69 Å². The molecule has 0 atom stereocenters. The van der Waals surface area contributed by atoms with Crippen molar-refractivity contribution in [1.82, 2.24) is 0 Å². The summed E-state index contributed by atoms with van der Waals surface area (Å²) >= 11 is 0. The van der Waals surface area contributed by atoms with Crippen LogP contribution >= 0.6 is 0 Å². The normalized spacial score (nSPS) is 13.5. The monoisotopic (exact) mass is 309 g/mol. The third-order valence-corrected chi connectivity index (χ3v) is 3.67. The lowest BCUT2D eigenvalue weighted by Gasteiger charge is -2.15. The highest BCUT2D eigenvalue weighted by molar-refractivity contribution is 6.14. The number of ether oxygens (including phenoxy) is 1. The van der Waals surface area contributed by atoms with Gasteiger partial charge in [0.25, 0.3) is 0 Å². The highest BCUT2D eigenvalue weighted by Crippen LogP contribution is 2.35. The van der Waals surface area contributed by atoms with Crippen molar-refractivity contribution in [3.63, 3.8) is 0 Å². The summed E-state index contributed by atoms with van der Waals surface area (Å²) in [6, 6.07) is 12.7. The van der Waals surface area contributed by atoms with Gasteiger partial charge in [0.15, 0.2) is 5.78 Å². The van der Waals surface area contributed by atoms with Crippen molar-refractivity contribution >= 4 is 17.4 Å². The number of aryl methyl sites for hydroxylation is 1. The van der Waals surface area contributed by atoms with Gasteiger partial charge in [0.2, 0.25) is 5.91 Å². The van der Waals surface area contributed by atoms with Crippen LogP contribution in [-0.4, -0.2) is 17.8 Å². The van der Waals surface area contributed by atoms with Gasteiger partial charge < -0.3 is 10.1 Å². The molecule has 0 radical (unpaired) electrons. The van der Waals surface area contributed by atoms with Crippen LogP contribution in [0.1, 0.15) is 41.3 Å². The maximum absolute atomic E-state index is 12.8. The van der Waals surface area contributed by atoms with Gasteiger partial charge in [-0.05, 0) is 38.0 Å². The van der Waals surface area contributed by atoms with Gasteiger partial charge in [0.05, 0.1) is 11.8 Å². The third kappa shape index (κ3) is 3.59. The van der Waals surface area contributed by atoms with Gasteiger partial charge in [0.1, 0.15) is 5.75 Å². The van der Waals surface area contributed by atoms with E-state index in [9.17, 15) is 9.59 Å². The molecule has 23 heavy (non-hydrogen) atoms. The minimum Gasteiger partial charge on any atom is -0.488 e. The van der Waals surface area contributed by atoms with E-state index in [2.05, 4.69) is 5.32 Å². The average molecular weight is 309 g/mol. The number of carbonyl (C=O) groups is 2. The van der Waals surface area contributed by atoms with Crippen LogP contribution in [0.5, 0.6) is 5.75 Å². The molecule has 0 aromatic heterocycles. The van der Waals surface area contributed by atoms with Crippen LogP contribution in [0, 0.1) is 6.92 Å². The second-order valence-electron chi connectivity index (χ2n) is 5.88. The highest BCUT2D eigenvalue weighted by Gasteiger charge is 2.26. The Labute approximate surface area is 135 Å². The van der Waals surface area contributed by atoms with Crippen LogP contribution in [0.25, 0.3) is 0 Å². The minimum absolute atomic E-state index is 0.126. The Kier molecular flexibility index (Phi) is 4.15. The second-order valence-corrected chi connectivity index (χ2v) is 5.88. The molecule has 0 unspecified atom stereocenters. The molecule has 2 aromatic rings. The fraction of sp³-hybridized carbons (Fsp3) is 0.263. The van der Waals surface area contributed by atoms with E-state index in [0.717, 1.165) is 18.4 Å². The molecule has 118 valence electrons. The molecule has 1 N–H and O–H groups in total.